The van der Waals surface area contributed by atoms with Gasteiger partial charge in [0, 0.05) is 18.1 Å². The molecule has 5 heteroatoms. The van der Waals surface area contributed by atoms with Gasteiger partial charge in [-0.15, -0.1) is 0 Å². The molecule has 0 aliphatic carbocycles. The van der Waals surface area contributed by atoms with Gasteiger partial charge in [-0.05, 0) is 26.3 Å². The molecular weight excluding hydrogens is 322 g/mol. The van der Waals surface area contributed by atoms with Crippen molar-refractivity contribution in [3.63, 3.8) is 0 Å². The summed E-state index contributed by atoms with van der Waals surface area (Å²) in [5.74, 6) is 1.46. The van der Waals surface area contributed by atoms with Crippen LogP contribution in [0.3, 0.4) is 0 Å². The largest absolute Gasteiger partial charge is 0.492 e. The first-order chi connectivity index (χ1) is 9.55. The van der Waals surface area contributed by atoms with Crippen LogP contribution in [0.1, 0.15) is 32.8 Å². The van der Waals surface area contributed by atoms with Crippen LogP contribution in [0.2, 0.25) is 0 Å². The van der Waals surface area contributed by atoms with Gasteiger partial charge < -0.3 is 14.8 Å². The summed E-state index contributed by atoms with van der Waals surface area (Å²) in [6.07, 6.45) is 1.78. The van der Waals surface area contributed by atoms with E-state index in [1.54, 1.807) is 0 Å². The van der Waals surface area contributed by atoms with Crippen molar-refractivity contribution in [3.05, 3.63) is 17.7 Å². The second-order valence-electron chi connectivity index (χ2n) is 4.89. The molecular formula is C15H20BrNO3. The number of hydrogen-bond acceptors (Lipinski definition) is 3. The first-order valence-corrected chi connectivity index (χ1v) is 7.88. The number of alkyl halides is 1. The van der Waals surface area contributed by atoms with Gasteiger partial charge in [-0.2, -0.15) is 0 Å². The topological polar surface area (TPSA) is 47.6 Å². The lowest BCUT2D eigenvalue weighted by molar-refractivity contribution is -0.115. The van der Waals surface area contributed by atoms with Crippen molar-refractivity contribution < 1.29 is 14.3 Å². The zero-order valence-electron chi connectivity index (χ0n) is 12.0. The molecule has 1 N–H and O–H groups in total. The normalized spacial score (nSPS) is 18.1. The van der Waals surface area contributed by atoms with E-state index in [1.807, 2.05) is 32.9 Å². The molecule has 20 heavy (non-hydrogen) atoms. The minimum atomic E-state index is -0.204. The van der Waals surface area contributed by atoms with E-state index in [1.165, 1.54) is 0 Å². The van der Waals surface area contributed by atoms with Crippen molar-refractivity contribution in [1.29, 1.82) is 0 Å². The van der Waals surface area contributed by atoms with Crippen LogP contribution in [0.15, 0.2) is 12.1 Å². The minimum Gasteiger partial charge on any atom is -0.492 e. The summed E-state index contributed by atoms with van der Waals surface area (Å²) < 4.78 is 11.4. The molecule has 0 spiro atoms. The molecule has 0 aromatic heterocycles. The molecule has 0 saturated heterocycles. The number of fused-ring (bicyclic) bond motifs is 1. The van der Waals surface area contributed by atoms with Gasteiger partial charge in [0.1, 0.15) is 17.6 Å². The molecule has 0 bridgehead atoms. The fourth-order valence-electron chi connectivity index (χ4n) is 2.21. The Hall–Kier alpha value is -1.23. The molecule has 0 saturated carbocycles. The Morgan fingerprint density at radius 3 is 2.95 bits per heavy atom. The lowest BCUT2D eigenvalue weighted by Crippen LogP contribution is -2.22. The smallest absolute Gasteiger partial charge is 0.238 e. The molecule has 1 amide bonds. The van der Waals surface area contributed by atoms with Gasteiger partial charge in [-0.25, -0.2) is 0 Å². The van der Waals surface area contributed by atoms with Crippen LogP contribution >= 0.6 is 15.9 Å². The van der Waals surface area contributed by atoms with Gasteiger partial charge >= 0.3 is 0 Å². The lowest BCUT2D eigenvalue weighted by Gasteiger charge is -2.15. The number of carbonyl (C=O) groups excluding carboxylic acids is 1. The van der Waals surface area contributed by atoms with Crippen molar-refractivity contribution in [2.24, 2.45) is 0 Å². The minimum absolute atomic E-state index is 0.0700. The predicted molar refractivity (Wildman–Crippen MR) is 83.0 cm³/mol. The molecule has 2 unspecified atom stereocenters. The maximum absolute atomic E-state index is 12.0. The monoisotopic (exact) mass is 341 g/mol. The average molecular weight is 342 g/mol. The number of amides is 1. The summed E-state index contributed by atoms with van der Waals surface area (Å²) in [6, 6.07) is 3.82. The molecule has 110 valence electrons. The van der Waals surface area contributed by atoms with E-state index in [4.69, 9.17) is 9.47 Å². The van der Waals surface area contributed by atoms with Crippen LogP contribution < -0.4 is 14.8 Å². The van der Waals surface area contributed by atoms with Crippen molar-refractivity contribution in [2.45, 2.75) is 44.5 Å². The number of anilines is 1. The number of halogens is 1. The molecule has 1 aliphatic rings. The van der Waals surface area contributed by atoms with Gasteiger partial charge in [-0.3, -0.25) is 4.79 Å². The number of hydrogen-bond donors (Lipinski definition) is 1. The van der Waals surface area contributed by atoms with E-state index in [0.29, 0.717) is 18.0 Å². The Labute approximate surface area is 128 Å². The van der Waals surface area contributed by atoms with Crippen LogP contribution in [-0.4, -0.2) is 23.4 Å². The Kier molecular flexibility index (Phi) is 4.91. The summed E-state index contributed by atoms with van der Waals surface area (Å²) in [7, 11) is 0. The van der Waals surface area contributed by atoms with Crippen molar-refractivity contribution in [1.82, 2.24) is 0 Å². The maximum atomic E-state index is 12.0. The van der Waals surface area contributed by atoms with Gasteiger partial charge in [0.15, 0.2) is 0 Å². The first kappa shape index (κ1) is 15.2. The number of rotatable bonds is 5. The first-order valence-electron chi connectivity index (χ1n) is 6.96. The van der Waals surface area contributed by atoms with Crippen molar-refractivity contribution in [3.8, 4) is 11.5 Å². The van der Waals surface area contributed by atoms with E-state index in [-0.39, 0.29) is 16.8 Å². The Balaban J connectivity index is 2.27. The molecule has 1 aliphatic heterocycles. The third kappa shape index (κ3) is 3.26. The molecule has 2 rings (SSSR count). The second-order valence-corrected chi connectivity index (χ2v) is 5.99. The third-order valence-electron chi connectivity index (χ3n) is 3.20. The van der Waals surface area contributed by atoms with E-state index in [0.717, 1.165) is 24.2 Å². The van der Waals surface area contributed by atoms with Crippen LogP contribution in [0, 0.1) is 0 Å². The van der Waals surface area contributed by atoms with Gasteiger partial charge in [-0.1, -0.05) is 22.9 Å². The fraction of sp³-hybridized carbons (Fsp3) is 0.533. The summed E-state index contributed by atoms with van der Waals surface area (Å²) in [5, 5.41) is 2.90. The fourth-order valence-corrected chi connectivity index (χ4v) is 2.32. The van der Waals surface area contributed by atoms with Gasteiger partial charge in [0.25, 0.3) is 0 Å². The second kappa shape index (κ2) is 6.48. The zero-order chi connectivity index (χ0) is 14.7. The highest BCUT2D eigenvalue weighted by molar-refractivity contribution is 9.10. The molecule has 0 radical (unpaired) electrons. The Bertz CT molecular complexity index is 504. The van der Waals surface area contributed by atoms with Crippen LogP contribution in [-0.2, 0) is 11.2 Å². The van der Waals surface area contributed by atoms with Crippen molar-refractivity contribution in [2.75, 3.05) is 11.9 Å². The number of ether oxygens (including phenoxy) is 2. The van der Waals surface area contributed by atoms with Gasteiger partial charge in [0.2, 0.25) is 5.91 Å². The lowest BCUT2D eigenvalue weighted by atomic mass is 10.1. The maximum Gasteiger partial charge on any atom is 0.238 e. The van der Waals surface area contributed by atoms with Crippen LogP contribution in [0.25, 0.3) is 0 Å². The predicted octanol–water partition coefficient (Wildman–Crippen LogP) is 3.52. The molecule has 4 nitrogen and oxygen atoms in total. The Morgan fingerprint density at radius 2 is 2.30 bits per heavy atom. The highest BCUT2D eigenvalue weighted by atomic mass is 79.9. The highest BCUT2D eigenvalue weighted by Gasteiger charge is 2.23. The standard InChI is InChI=1S/C15H20BrNO3/c1-4-11(16)15(18)17-12-8-13-10(6-9(3)20-13)7-14(12)19-5-2/h7-9,11H,4-6H2,1-3H3,(H,17,18). The molecule has 1 aromatic carbocycles. The quantitative estimate of drug-likeness (QED) is 0.833. The van der Waals surface area contributed by atoms with E-state index in [2.05, 4.69) is 21.2 Å². The number of nitrogens with one attached hydrogen (secondary N) is 1. The Morgan fingerprint density at radius 1 is 1.55 bits per heavy atom. The van der Waals surface area contributed by atoms with Crippen molar-refractivity contribution >= 4 is 27.5 Å². The summed E-state index contributed by atoms with van der Waals surface area (Å²) in [5.41, 5.74) is 1.80. The van der Waals surface area contributed by atoms with E-state index < -0.39 is 0 Å². The van der Waals surface area contributed by atoms with E-state index in [9.17, 15) is 4.79 Å². The third-order valence-corrected chi connectivity index (χ3v) is 4.26. The number of benzene rings is 1. The average Bonchev–Trinajstić information content (AvgIpc) is 2.77. The van der Waals surface area contributed by atoms with Crippen LogP contribution in [0.5, 0.6) is 11.5 Å². The van der Waals surface area contributed by atoms with Crippen LogP contribution in [0.4, 0.5) is 5.69 Å². The summed E-state index contributed by atoms with van der Waals surface area (Å²) in [6.45, 7) is 6.47. The number of carbonyl (C=O) groups is 1. The SMILES string of the molecule is CCOc1cc2c(cc1NC(=O)C(Br)CC)OC(C)C2. The molecule has 0 fully saturated rings. The molecule has 2 atom stereocenters. The highest BCUT2D eigenvalue weighted by Crippen LogP contribution is 2.38. The van der Waals surface area contributed by atoms with E-state index >= 15 is 0 Å². The van der Waals surface area contributed by atoms with Gasteiger partial charge in [0.05, 0.1) is 17.1 Å². The summed E-state index contributed by atoms with van der Waals surface area (Å²) in [4.78, 5) is 11.8. The molecule has 1 heterocycles. The molecule has 1 aromatic rings. The zero-order valence-corrected chi connectivity index (χ0v) is 13.6. The summed E-state index contributed by atoms with van der Waals surface area (Å²) >= 11 is 3.35.